The van der Waals surface area contributed by atoms with E-state index in [0.29, 0.717) is 27.3 Å². The van der Waals surface area contributed by atoms with Crippen LogP contribution in [0.15, 0.2) is 18.2 Å². The number of hydrogen-bond acceptors (Lipinski definition) is 4. The van der Waals surface area contributed by atoms with Crippen LogP contribution in [-0.2, 0) is 0 Å². The molecule has 0 saturated heterocycles. The average molecular weight is 273 g/mol. The van der Waals surface area contributed by atoms with Gasteiger partial charge in [-0.15, -0.1) is 10.2 Å². The van der Waals surface area contributed by atoms with E-state index in [2.05, 4.69) is 10.2 Å². The molecular formula is C9H6Cl2N4S. The zero-order chi connectivity index (χ0) is 11.7. The lowest BCUT2D eigenvalue weighted by Crippen LogP contribution is -2.13. The summed E-state index contributed by atoms with van der Waals surface area (Å²) in [5, 5.41) is 10.1. The number of thiocarbonyl (C=S) groups is 1. The SMILES string of the molecule is Nn1c(C=S)nnc1-c1ccc(Cl)cc1Cl. The van der Waals surface area contributed by atoms with Crippen molar-refractivity contribution in [2.75, 3.05) is 5.84 Å². The van der Waals surface area contributed by atoms with Crippen LogP contribution in [0, 0.1) is 0 Å². The Balaban J connectivity index is 2.58. The number of nitrogen functional groups attached to an aromatic ring is 1. The second kappa shape index (κ2) is 4.37. The van der Waals surface area contributed by atoms with E-state index in [0.717, 1.165) is 0 Å². The molecule has 0 amide bonds. The van der Waals surface area contributed by atoms with Gasteiger partial charge in [-0.3, -0.25) is 0 Å². The molecule has 7 heteroatoms. The Morgan fingerprint density at radius 3 is 2.62 bits per heavy atom. The Bertz CT molecular complexity index is 552. The number of nitrogens with zero attached hydrogens (tertiary/aromatic N) is 3. The fourth-order valence-electron chi connectivity index (χ4n) is 1.24. The highest BCUT2D eigenvalue weighted by Crippen LogP contribution is 2.28. The maximum absolute atomic E-state index is 6.03. The van der Waals surface area contributed by atoms with E-state index in [1.165, 1.54) is 10.0 Å². The molecule has 0 atom stereocenters. The van der Waals surface area contributed by atoms with Crippen molar-refractivity contribution in [1.29, 1.82) is 0 Å². The molecule has 0 unspecified atom stereocenters. The Labute approximate surface area is 107 Å². The van der Waals surface area contributed by atoms with E-state index in [4.69, 9.17) is 41.3 Å². The number of aromatic nitrogens is 3. The summed E-state index contributed by atoms with van der Waals surface area (Å²) in [5.74, 6) is 6.60. The number of hydrogen-bond donors (Lipinski definition) is 1. The maximum Gasteiger partial charge on any atom is 0.186 e. The lowest BCUT2D eigenvalue weighted by atomic mass is 10.2. The minimum absolute atomic E-state index is 0.399. The lowest BCUT2D eigenvalue weighted by molar-refractivity contribution is 0.996. The lowest BCUT2D eigenvalue weighted by Gasteiger charge is -2.03. The van der Waals surface area contributed by atoms with Crippen LogP contribution in [-0.4, -0.2) is 20.2 Å². The predicted octanol–water partition coefficient (Wildman–Crippen LogP) is 2.31. The van der Waals surface area contributed by atoms with Crippen molar-refractivity contribution in [3.63, 3.8) is 0 Å². The van der Waals surface area contributed by atoms with Gasteiger partial charge < -0.3 is 5.84 Å². The largest absolute Gasteiger partial charge is 0.336 e. The highest BCUT2D eigenvalue weighted by Gasteiger charge is 2.13. The van der Waals surface area contributed by atoms with Gasteiger partial charge in [0.05, 0.1) is 5.02 Å². The Hall–Kier alpha value is -1.17. The first-order chi connectivity index (χ1) is 7.63. The summed E-state index contributed by atoms with van der Waals surface area (Å²) in [4.78, 5) is 0. The van der Waals surface area contributed by atoms with E-state index in [-0.39, 0.29) is 0 Å². The minimum Gasteiger partial charge on any atom is -0.336 e. The summed E-state index contributed by atoms with van der Waals surface area (Å²) >= 11 is 16.6. The highest BCUT2D eigenvalue weighted by atomic mass is 35.5. The van der Waals surface area contributed by atoms with Gasteiger partial charge in [-0.2, -0.15) is 0 Å². The third kappa shape index (κ3) is 1.89. The van der Waals surface area contributed by atoms with Gasteiger partial charge in [0, 0.05) is 16.0 Å². The molecule has 0 saturated carbocycles. The van der Waals surface area contributed by atoms with E-state index in [9.17, 15) is 0 Å². The van der Waals surface area contributed by atoms with Crippen molar-refractivity contribution in [3.8, 4) is 11.4 Å². The van der Waals surface area contributed by atoms with Crippen molar-refractivity contribution in [2.24, 2.45) is 0 Å². The summed E-state index contributed by atoms with van der Waals surface area (Å²) in [5.41, 5.74) is 0.657. The minimum atomic E-state index is 0.399. The van der Waals surface area contributed by atoms with Crippen LogP contribution in [0.3, 0.4) is 0 Å². The van der Waals surface area contributed by atoms with Gasteiger partial charge in [-0.1, -0.05) is 35.4 Å². The molecule has 0 bridgehead atoms. The first-order valence-corrected chi connectivity index (χ1v) is 5.47. The first-order valence-electron chi connectivity index (χ1n) is 4.24. The molecule has 0 spiro atoms. The van der Waals surface area contributed by atoms with Crippen LogP contribution >= 0.6 is 35.4 Å². The monoisotopic (exact) mass is 272 g/mol. The van der Waals surface area contributed by atoms with E-state index < -0.39 is 0 Å². The van der Waals surface area contributed by atoms with E-state index in [1.54, 1.807) is 18.2 Å². The van der Waals surface area contributed by atoms with Crippen molar-refractivity contribution in [1.82, 2.24) is 14.9 Å². The molecule has 1 aromatic carbocycles. The molecule has 2 aromatic rings. The van der Waals surface area contributed by atoms with Crippen LogP contribution in [0.5, 0.6) is 0 Å². The smallest absolute Gasteiger partial charge is 0.186 e. The summed E-state index contributed by atoms with van der Waals surface area (Å²) in [6, 6.07) is 5.05. The summed E-state index contributed by atoms with van der Waals surface area (Å²) < 4.78 is 1.28. The second-order valence-corrected chi connectivity index (χ2v) is 4.07. The fraction of sp³-hybridized carbons (Fsp3) is 0. The van der Waals surface area contributed by atoms with Crippen LogP contribution in [0.4, 0.5) is 0 Å². The normalized spacial score (nSPS) is 10.4. The van der Waals surface area contributed by atoms with Crippen LogP contribution < -0.4 is 5.84 Å². The van der Waals surface area contributed by atoms with Crippen molar-refractivity contribution in [2.45, 2.75) is 0 Å². The molecule has 16 heavy (non-hydrogen) atoms. The Morgan fingerprint density at radius 2 is 2.06 bits per heavy atom. The summed E-state index contributed by atoms with van der Waals surface area (Å²) in [6.45, 7) is 0. The molecule has 4 nitrogen and oxygen atoms in total. The predicted molar refractivity (Wildman–Crippen MR) is 68.4 cm³/mol. The van der Waals surface area contributed by atoms with Crippen molar-refractivity contribution < 1.29 is 0 Å². The van der Waals surface area contributed by atoms with Gasteiger partial charge in [0.15, 0.2) is 11.6 Å². The maximum atomic E-state index is 6.03. The molecule has 0 fully saturated rings. The third-order valence-electron chi connectivity index (χ3n) is 2.00. The molecule has 0 radical (unpaired) electrons. The third-order valence-corrected chi connectivity index (χ3v) is 2.76. The highest BCUT2D eigenvalue weighted by molar-refractivity contribution is 7.79. The Morgan fingerprint density at radius 1 is 1.31 bits per heavy atom. The van der Waals surface area contributed by atoms with E-state index in [1.807, 2.05) is 0 Å². The second-order valence-electron chi connectivity index (χ2n) is 2.99. The number of rotatable bonds is 2. The van der Waals surface area contributed by atoms with E-state index >= 15 is 0 Å². The van der Waals surface area contributed by atoms with Gasteiger partial charge in [0.2, 0.25) is 0 Å². The quantitative estimate of drug-likeness (QED) is 0.674. The summed E-state index contributed by atoms with van der Waals surface area (Å²) in [7, 11) is 0. The zero-order valence-electron chi connectivity index (χ0n) is 7.89. The van der Waals surface area contributed by atoms with Crippen LogP contribution in [0.1, 0.15) is 5.82 Å². The number of benzene rings is 1. The summed E-state index contributed by atoms with van der Waals surface area (Å²) in [6.07, 6.45) is 0. The van der Waals surface area contributed by atoms with Gasteiger partial charge >= 0.3 is 0 Å². The molecule has 1 aromatic heterocycles. The van der Waals surface area contributed by atoms with Gasteiger partial charge in [0.1, 0.15) is 0 Å². The first kappa shape index (κ1) is 11.3. The molecule has 0 aliphatic carbocycles. The van der Waals surface area contributed by atoms with Crippen LogP contribution in [0.25, 0.3) is 11.4 Å². The zero-order valence-corrected chi connectivity index (χ0v) is 10.2. The van der Waals surface area contributed by atoms with Gasteiger partial charge in [0.25, 0.3) is 0 Å². The number of nitrogens with two attached hydrogens (primary N) is 1. The molecular weight excluding hydrogens is 267 g/mol. The van der Waals surface area contributed by atoms with Gasteiger partial charge in [-0.25, -0.2) is 4.68 Å². The molecule has 82 valence electrons. The number of halogens is 2. The molecule has 1 heterocycles. The topological polar surface area (TPSA) is 56.7 Å². The molecule has 0 aliphatic rings. The van der Waals surface area contributed by atoms with Gasteiger partial charge in [-0.05, 0) is 18.2 Å². The molecule has 0 aliphatic heterocycles. The Kier molecular flexibility index (Phi) is 3.09. The molecule has 2 rings (SSSR count). The van der Waals surface area contributed by atoms with Crippen molar-refractivity contribution >= 4 is 40.8 Å². The standard InChI is InChI=1S/C9H6Cl2N4S/c10-5-1-2-6(7(11)3-5)9-14-13-8(4-16)15(9)12/h1-4H,12H2. The fourth-order valence-corrected chi connectivity index (χ4v) is 1.89. The van der Waals surface area contributed by atoms with Crippen molar-refractivity contribution in [3.05, 3.63) is 34.1 Å². The molecule has 2 N–H and O–H groups in total. The van der Waals surface area contributed by atoms with Crippen LogP contribution in [0.2, 0.25) is 10.0 Å². The average Bonchev–Trinajstić information content (AvgIpc) is 2.60.